The average Bonchev–Trinajstić information content (AvgIpc) is 3.41. The predicted molar refractivity (Wildman–Crippen MR) is 184 cm³/mol. The Bertz CT molecular complexity index is 2370. The fourth-order valence-electron chi connectivity index (χ4n) is 7.46. The summed E-state index contributed by atoms with van der Waals surface area (Å²) in [5.41, 5.74) is 9.31. The number of hydrogen-bond acceptors (Lipinski definition) is 0. The molecule has 0 bridgehead atoms. The maximum Gasteiger partial charge on any atom is 0.0503 e. The van der Waals surface area contributed by atoms with Gasteiger partial charge in [0.15, 0.2) is 0 Å². The summed E-state index contributed by atoms with van der Waals surface area (Å²) in [7, 11) is 0. The summed E-state index contributed by atoms with van der Waals surface area (Å²) in [6.07, 6.45) is 13.6. The summed E-state index contributed by atoms with van der Waals surface area (Å²) in [5, 5.41) is 10.4. The Labute approximate surface area is 250 Å². The van der Waals surface area contributed by atoms with Crippen LogP contribution in [0.15, 0.2) is 133 Å². The van der Waals surface area contributed by atoms with Crippen LogP contribution in [0, 0.1) is 0 Å². The molecule has 9 rings (SSSR count). The van der Waals surface area contributed by atoms with E-state index in [1.807, 2.05) is 0 Å². The Balaban J connectivity index is 1.34. The zero-order valence-electron chi connectivity index (χ0n) is 23.8. The lowest BCUT2D eigenvalue weighted by molar-refractivity contribution is 0.978. The Hall–Kier alpha value is -5.40. The van der Waals surface area contributed by atoms with E-state index >= 15 is 0 Å². The number of benzene rings is 6. The number of allylic oxidation sites excluding steroid dienone is 3. The minimum absolute atomic E-state index is 0.897. The summed E-state index contributed by atoms with van der Waals surface area (Å²) >= 11 is 0. The predicted octanol–water partition coefficient (Wildman–Crippen LogP) is 9.22. The third kappa shape index (κ3) is 3.65. The van der Waals surface area contributed by atoms with Crippen molar-refractivity contribution in [3.8, 4) is 16.8 Å². The van der Waals surface area contributed by atoms with E-state index < -0.39 is 0 Å². The van der Waals surface area contributed by atoms with Crippen LogP contribution in [-0.4, -0.2) is 4.57 Å². The first-order valence-corrected chi connectivity index (χ1v) is 15.2. The molecule has 202 valence electrons. The molecule has 0 spiro atoms. The highest BCUT2D eigenvalue weighted by Crippen LogP contribution is 2.44. The van der Waals surface area contributed by atoms with Crippen LogP contribution in [0.5, 0.6) is 0 Å². The van der Waals surface area contributed by atoms with Crippen molar-refractivity contribution in [2.24, 2.45) is 0 Å². The SMILES string of the molecule is C1=Cc2c3c(n(-c4ccccc4)c2=CC1)=CC=C(c1c2ccccc2c(-c2cccc4ccccc24)c2ccccc12)C3. The summed E-state index contributed by atoms with van der Waals surface area (Å²) in [6.45, 7) is 0. The van der Waals surface area contributed by atoms with Crippen molar-refractivity contribution >= 4 is 56.1 Å². The molecule has 1 nitrogen and oxygen atoms in total. The van der Waals surface area contributed by atoms with Crippen molar-refractivity contribution < 1.29 is 0 Å². The summed E-state index contributed by atoms with van der Waals surface area (Å²) in [5.74, 6) is 0. The van der Waals surface area contributed by atoms with E-state index in [1.165, 1.54) is 82.1 Å². The quantitative estimate of drug-likeness (QED) is 0.194. The number of fused-ring (bicyclic) bond motifs is 6. The molecule has 2 aliphatic carbocycles. The summed E-state index contributed by atoms with van der Waals surface area (Å²) in [4.78, 5) is 0. The van der Waals surface area contributed by atoms with Crippen molar-refractivity contribution in [1.82, 2.24) is 4.57 Å². The Morgan fingerprint density at radius 3 is 1.88 bits per heavy atom. The van der Waals surface area contributed by atoms with E-state index in [2.05, 4.69) is 156 Å². The van der Waals surface area contributed by atoms with Gasteiger partial charge in [-0.3, -0.25) is 0 Å². The topological polar surface area (TPSA) is 4.93 Å². The molecule has 0 amide bonds. The molecule has 0 aliphatic heterocycles. The molecule has 0 saturated heterocycles. The summed E-state index contributed by atoms with van der Waals surface area (Å²) in [6, 6.07) is 44.3. The van der Waals surface area contributed by atoms with Gasteiger partial charge in [0.1, 0.15) is 0 Å². The molecule has 0 unspecified atom stereocenters. The van der Waals surface area contributed by atoms with Crippen LogP contribution in [0.2, 0.25) is 0 Å². The van der Waals surface area contributed by atoms with Gasteiger partial charge in [0.25, 0.3) is 0 Å². The van der Waals surface area contributed by atoms with Crippen LogP contribution in [0.25, 0.3) is 72.9 Å². The fraction of sp³-hybridized carbons (Fsp3) is 0.0476. The largest absolute Gasteiger partial charge is 0.310 e. The molecular weight excluding hydrogens is 518 g/mol. The van der Waals surface area contributed by atoms with E-state index in [1.54, 1.807) is 0 Å². The van der Waals surface area contributed by atoms with Crippen LogP contribution in [0.1, 0.15) is 23.1 Å². The maximum absolute atomic E-state index is 2.45. The van der Waals surface area contributed by atoms with Gasteiger partial charge < -0.3 is 4.57 Å². The smallest absolute Gasteiger partial charge is 0.0503 e. The molecule has 1 heteroatoms. The van der Waals surface area contributed by atoms with Crippen molar-refractivity contribution in [2.45, 2.75) is 12.8 Å². The minimum atomic E-state index is 0.897. The highest BCUT2D eigenvalue weighted by atomic mass is 15.0. The van der Waals surface area contributed by atoms with E-state index in [-0.39, 0.29) is 0 Å². The second-order valence-electron chi connectivity index (χ2n) is 11.6. The molecule has 2 aliphatic rings. The van der Waals surface area contributed by atoms with Crippen LogP contribution in [-0.2, 0) is 6.42 Å². The standard InChI is InChI=1S/C42H29N/c1-2-15-30(16-3-1)43-39-24-11-10-18-32(39)38-27-29(25-26-40(38)43)41-34-19-6-8-21-36(34)42(37-22-9-7-20-35(37)41)33-23-12-14-28-13-4-5-17-31(28)33/h1-10,12-26H,11,27H2. The van der Waals surface area contributed by atoms with Crippen molar-refractivity contribution in [3.05, 3.63) is 161 Å². The van der Waals surface area contributed by atoms with Gasteiger partial charge in [-0.15, -0.1) is 0 Å². The normalized spacial score (nSPS) is 13.8. The first-order valence-electron chi connectivity index (χ1n) is 15.2. The number of para-hydroxylation sites is 1. The fourth-order valence-corrected chi connectivity index (χ4v) is 7.46. The van der Waals surface area contributed by atoms with Gasteiger partial charge in [-0.2, -0.15) is 0 Å². The molecular formula is C42H29N. The molecule has 0 N–H and O–H groups in total. The third-order valence-corrected chi connectivity index (χ3v) is 9.26. The molecule has 0 radical (unpaired) electrons. The Kier molecular flexibility index (Phi) is 5.39. The molecule has 1 aromatic heterocycles. The molecule has 0 saturated carbocycles. The monoisotopic (exact) mass is 547 g/mol. The van der Waals surface area contributed by atoms with Crippen LogP contribution < -0.4 is 10.7 Å². The van der Waals surface area contributed by atoms with Gasteiger partial charge >= 0.3 is 0 Å². The molecule has 1 heterocycles. The molecule has 43 heavy (non-hydrogen) atoms. The second-order valence-corrected chi connectivity index (χ2v) is 11.6. The van der Waals surface area contributed by atoms with Crippen LogP contribution >= 0.6 is 0 Å². The van der Waals surface area contributed by atoms with Gasteiger partial charge in [0.05, 0.1) is 10.7 Å². The molecule has 6 aromatic carbocycles. The zero-order chi connectivity index (χ0) is 28.3. The lowest BCUT2D eigenvalue weighted by Crippen LogP contribution is -2.27. The first kappa shape index (κ1) is 24.2. The highest BCUT2D eigenvalue weighted by molar-refractivity contribution is 6.21. The van der Waals surface area contributed by atoms with E-state index in [0.29, 0.717) is 0 Å². The van der Waals surface area contributed by atoms with Gasteiger partial charge in [-0.25, -0.2) is 0 Å². The van der Waals surface area contributed by atoms with Crippen LogP contribution in [0.4, 0.5) is 0 Å². The Morgan fingerprint density at radius 2 is 1.14 bits per heavy atom. The van der Waals surface area contributed by atoms with Gasteiger partial charge in [0, 0.05) is 17.7 Å². The van der Waals surface area contributed by atoms with E-state index in [4.69, 9.17) is 0 Å². The second kappa shape index (κ2) is 9.58. The highest BCUT2D eigenvalue weighted by Gasteiger charge is 2.23. The number of rotatable bonds is 3. The van der Waals surface area contributed by atoms with Crippen molar-refractivity contribution in [2.75, 3.05) is 0 Å². The van der Waals surface area contributed by atoms with Crippen LogP contribution in [0.3, 0.4) is 0 Å². The van der Waals surface area contributed by atoms with Crippen molar-refractivity contribution in [1.29, 1.82) is 0 Å². The molecule has 7 aromatic rings. The van der Waals surface area contributed by atoms with Gasteiger partial charge in [0.2, 0.25) is 0 Å². The van der Waals surface area contributed by atoms with E-state index in [0.717, 1.165) is 12.8 Å². The summed E-state index contributed by atoms with van der Waals surface area (Å²) < 4.78 is 2.45. The van der Waals surface area contributed by atoms with E-state index in [9.17, 15) is 0 Å². The molecule has 0 atom stereocenters. The average molecular weight is 548 g/mol. The third-order valence-electron chi connectivity index (χ3n) is 9.26. The first-order chi connectivity index (χ1) is 21.4. The number of nitrogens with zero attached hydrogens (tertiary/aromatic N) is 1. The lowest BCUT2D eigenvalue weighted by atomic mass is 9.82. The maximum atomic E-state index is 2.45. The number of aromatic nitrogens is 1. The molecule has 0 fully saturated rings. The number of hydrogen-bond donors (Lipinski definition) is 0. The zero-order valence-corrected chi connectivity index (χ0v) is 23.8. The lowest BCUT2D eigenvalue weighted by Gasteiger charge is -2.21. The van der Waals surface area contributed by atoms with Crippen molar-refractivity contribution in [3.63, 3.8) is 0 Å². The Morgan fingerprint density at radius 1 is 0.512 bits per heavy atom. The van der Waals surface area contributed by atoms with Gasteiger partial charge in [-0.05, 0) is 84.8 Å². The minimum Gasteiger partial charge on any atom is -0.310 e. The van der Waals surface area contributed by atoms with Gasteiger partial charge in [-0.1, -0.05) is 133 Å².